The molecule has 2 N–H and O–H groups in total. The minimum Gasteiger partial charge on any atom is -0.310 e. The van der Waals surface area contributed by atoms with Crippen LogP contribution in [0.2, 0.25) is 0 Å². The predicted molar refractivity (Wildman–Crippen MR) is 104 cm³/mol. The Labute approximate surface area is 158 Å². The molecule has 0 bridgehead atoms. The number of rotatable bonds is 4. The summed E-state index contributed by atoms with van der Waals surface area (Å²) >= 11 is 0. The van der Waals surface area contributed by atoms with Crippen molar-refractivity contribution in [2.45, 2.75) is 0 Å². The van der Waals surface area contributed by atoms with Crippen LogP contribution in [0.1, 0.15) is 0 Å². The van der Waals surface area contributed by atoms with E-state index in [1.807, 2.05) is 0 Å². The van der Waals surface area contributed by atoms with Crippen LogP contribution >= 0.6 is 46.3 Å². The lowest BCUT2D eigenvalue weighted by Gasteiger charge is -2.20. The second-order valence-electron chi connectivity index (χ2n) is 5.14. The van der Waals surface area contributed by atoms with Gasteiger partial charge in [-0.15, -0.1) is 17.4 Å². The Morgan fingerprint density at radius 2 is 1.50 bits per heavy atom. The van der Waals surface area contributed by atoms with E-state index in [2.05, 4.69) is 27.1 Å². The van der Waals surface area contributed by atoms with E-state index in [0.717, 1.165) is 13.3 Å². The molecule has 0 aromatic heterocycles. The van der Waals surface area contributed by atoms with Gasteiger partial charge >= 0.3 is 51.1 Å². The third-order valence-electron chi connectivity index (χ3n) is 2.43. The average Bonchev–Trinajstić information content (AvgIpc) is 2.51. The van der Waals surface area contributed by atoms with Crippen LogP contribution in [0.5, 0.6) is 0 Å². The van der Waals surface area contributed by atoms with Crippen molar-refractivity contribution in [1.29, 1.82) is 0 Å². The third kappa shape index (κ3) is 7.35. The van der Waals surface area contributed by atoms with Gasteiger partial charge in [-0.2, -0.15) is 12.9 Å². The van der Waals surface area contributed by atoms with E-state index in [9.17, 15) is 34.8 Å². The molecule has 28 heavy (non-hydrogen) atoms. The predicted octanol–water partition coefficient (Wildman–Crippen LogP) is 7.41. The molecule has 0 amide bonds. The van der Waals surface area contributed by atoms with Gasteiger partial charge < -0.3 is 9.05 Å². The van der Waals surface area contributed by atoms with Crippen LogP contribution in [0.4, 0.5) is 25.2 Å². The van der Waals surface area contributed by atoms with Crippen LogP contribution in [0, 0.1) is 0 Å². The molecule has 0 aliphatic carbocycles. The van der Waals surface area contributed by atoms with E-state index in [0.29, 0.717) is 14.2 Å². The van der Waals surface area contributed by atoms with Gasteiger partial charge in [0.05, 0.1) is 0 Å². The number of hydrogen-bond acceptors (Lipinski definition) is 10. The van der Waals surface area contributed by atoms with E-state index >= 15 is 0 Å². The SMILES string of the molecule is COP1(F)=NP(F)(F)=NP(C)(C)=N[P+](F)(C=O)N[P+](F)(C=O)NP(F)(OC)=N1. The number of halogens is 6. The van der Waals surface area contributed by atoms with Crippen molar-refractivity contribution in [3.63, 3.8) is 0 Å². The Balaban J connectivity index is 4.05. The first-order valence-electron chi connectivity index (χ1n) is 6.57. The van der Waals surface area contributed by atoms with Crippen LogP contribution in [0.15, 0.2) is 18.1 Å². The molecular formula is C6H16F6N6O4P6+2. The highest BCUT2D eigenvalue weighted by molar-refractivity contribution is 7.99. The first kappa shape index (κ1) is 26.6. The van der Waals surface area contributed by atoms with Crippen LogP contribution in [0.25, 0.3) is 0 Å². The molecule has 0 saturated heterocycles. The summed E-state index contributed by atoms with van der Waals surface area (Å²) in [6, 6.07) is -1.12. The van der Waals surface area contributed by atoms with Crippen molar-refractivity contribution in [1.82, 2.24) is 9.72 Å². The molecular weight excluding hydrogens is 520 g/mol. The third-order valence-corrected chi connectivity index (χ3v) is 17.3. The maximum atomic E-state index is 14.8. The van der Waals surface area contributed by atoms with Gasteiger partial charge in [-0.25, -0.2) is 9.59 Å². The van der Waals surface area contributed by atoms with Crippen LogP contribution in [-0.4, -0.2) is 39.6 Å². The average molecular weight is 536 g/mol. The summed E-state index contributed by atoms with van der Waals surface area (Å²) in [6.45, 7) is 1.83. The second kappa shape index (κ2) is 8.96. The zero-order valence-electron chi connectivity index (χ0n) is 14.5. The molecule has 22 heteroatoms. The van der Waals surface area contributed by atoms with Gasteiger partial charge in [-0.1, -0.05) is 4.52 Å². The van der Waals surface area contributed by atoms with Gasteiger partial charge in [-0.3, -0.25) is 0 Å². The highest BCUT2D eigenvalue weighted by Gasteiger charge is 2.62. The summed E-state index contributed by atoms with van der Waals surface area (Å²) in [5.41, 5.74) is 0. The summed E-state index contributed by atoms with van der Waals surface area (Å²) in [6.07, 6.45) is 0. The smallest absolute Gasteiger partial charge is 0.310 e. The van der Waals surface area contributed by atoms with Crippen LogP contribution < -0.4 is 9.72 Å². The molecule has 0 spiro atoms. The van der Waals surface area contributed by atoms with Crippen LogP contribution in [0.3, 0.4) is 0 Å². The van der Waals surface area contributed by atoms with Crippen molar-refractivity contribution < 1.29 is 43.8 Å². The highest BCUT2D eigenvalue weighted by Crippen LogP contribution is 2.80. The number of carbonyl (C=O) groups excluding carboxylic acids is 2. The Bertz CT molecular complexity index is 875. The molecule has 0 radical (unpaired) electrons. The number of carbonyl (C=O) groups is 2. The fourth-order valence-corrected chi connectivity index (χ4v) is 16.5. The lowest BCUT2D eigenvalue weighted by atomic mass is 11.8. The van der Waals surface area contributed by atoms with Gasteiger partial charge in [0.15, 0.2) is 0 Å². The summed E-state index contributed by atoms with van der Waals surface area (Å²) in [5.74, 6) is 0. The maximum absolute atomic E-state index is 14.8. The van der Waals surface area contributed by atoms with Crippen molar-refractivity contribution in [3.05, 3.63) is 0 Å². The molecule has 1 rings (SSSR count). The van der Waals surface area contributed by atoms with Crippen molar-refractivity contribution in [2.24, 2.45) is 18.1 Å². The van der Waals surface area contributed by atoms with Crippen molar-refractivity contribution in [2.75, 3.05) is 27.5 Å². The number of hydrogen-bond donors (Lipinski definition) is 2. The Morgan fingerprint density at radius 1 is 0.929 bits per heavy atom. The Morgan fingerprint density at radius 3 is 1.93 bits per heavy atom. The van der Waals surface area contributed by atoms with E-state index < -0.39 is 58.3 Å². The molecule has 1 aliphatic rings. The lowest BCUT2D eigenvalue weighted by Crippen LogP contribution is -2.22. The molecule has 0 aromatic carbocycles. The molecule has 1 heterocycles. The Kier molecular flexibility index (Phi) is 8.50. The van der Waals surface area contributed by atoms with Gasteiger partial charge in [0.2, 0.25) is 0 Å². The highest BCUT2D eigenvalue weighted by atomic mass is 31.3. The lowest BCUT2D eigenvalue weighted by molar-refractivity contribution is 0.405. The first-order valence-corrected chi connectivity index (χ1v) is 17.1. The second-order valence-corrected chi connectivity index (χ2v) is 18.8. The molecule has 4 atom stereocenters. The van der Waals surface area contributed by atoms with E-state index in [1.165, 1.54) is 9.72 Å². The molecule has 0 fully saturated rings. The fraction of sp³-hybridized carbons (Fsp3) is 0.667. The molecule has 1 aliphatic heterocycles. The number of nitrogens with zero attached hydrogens (tertiary/aromatic N) is 4. The zero-order chi connectivity index (χ0) is 22.1. The van der Waals surface area contributed by atoms with Gasteiger partial charge in [-0.05, 0) is 26.6 Å². The normalized spacial score (nSPS) is 40.9. The first-order chi connectivity index (χ1) is 12.5. The summed E-state index contributed by atoms with van der Waals surface area (Å²) in [7, 11) is -29.7. The molecule has 164 valence electrons. The zero-order valence-corrected chi connectivity index (χ0v) is 19.9. The van der Waals surface area contributed by atoms with Crippen molar-refractivity contribution in [3.8, 4) is 0 Å². The molecule has 0 aromatic rings. The molecule has 10 nitrogen and oxygen atoms in total. The largest absolute Gasteiger partial charge is 0.492 e. The summed E-state index contributed by atoms with van der Waals surface area (Å²) in [4.78, 5) is 24.8. The molecule has 4 unspecified atom stereocenters. The van der Waals surface area contributed by atoms with Gasteiger partial charge in [0, 0.05) is 19.1 Å². The van der Waals surface area contributed by atoms with E-state index in [-0.39, 0.29) is 0 Å². The number of nitrogens with one attached hydrogen (secondary N) is 2. The van der Waals surface area contributed by atoms with Crippen LogP contribution in [-0.2, 0) is 18.6 Å². The standard InChI is InChI=1S/C6H16F6N6O4P6/c1-21-27(11)16-25(8,6-20)15-24(7,5-19)13-23(3,4)14-26(9,10)17-28(12,18-27)22-2/h5-6,15-16H,1-4H3/q+2. The maximum Gasteiger partial charge on any atom is 0.492 e. The Hall–Kier alpha value is 0.540. The summed E-state index contributed by atoms with van der Waals surface area (Å²) in [5, 5.41) is 0. The van der Waals surface area contributed by atoms with Gasteiger partial charge in [0.25, 0.3) is 0 Å². The topological polar surface area (TPSA) is 126 Å². The fourth-order valence-electron chi connectivity index (χ4n) is 1.60. The summed E-state index contributed by atoms with van der Waals surface area (Å²) < 4.78 is 107. The quantitative estimate of drug-likeness (QED) is 0.219. The minimum atomic E-state index is -5.94. The van der Waals surface area contributed by atoms with E-state index in [4.69, 9.17) is 0 Å². The minimum absolute atomic E-state index is 0.521. The molecule has 0 saturated carbocycles. The van der Waals surface area contributed by atoms with E-state index in [1.54, 1.807) is 0 Å². The van der Waals surface area contributed by atoms with Crippen molar-refractivity contribution >= 4 is 58.3 Å². The monoisotopic (exact) mass is 536 g/mol. The van der Waals surface area contributed by atoms with Gasteiger partial charge in [0.1, 0.15) is 7.21 Å².